The fourth-order valence-corrected chi connectivity index (χ4v) is 3.35. The number of aromatic nitrogens is 3. The van der Waals surface area contributed by atoms with E-state index in [9.17, 15) is 4.79 Å². The number of rotatable bonds is 6. The molecule has 1 saturated heterocycles. The van der Waals surface area contributed by atoms with Crippen LogP contribution in [0, 0.1) is 6.92 Å². The molecule has 1 unspecified atom stereocenters. The Balaban J connectivity index is 1.55. The molecule has 0 saturated carbocycles. The summed E-state index contributed by atoms with van der Waals surface area (Å²) in [6, 6.07) is 6.02. The normalized spacial score (nSPS) is 17.2. The zero-order valence-corrected chi connectivity index (χ0v) is 14.9. The van der Waals surface area contributed by atoms with Crippen LogP contribution in [0.1, 0.15) is 42.4 Å². The van der Waals surface area contributed by atoms with Gasteiger partial charge in [-0.05, 0) is 44.5 Å². The lowest BCUT2D eigenvalue weighted by atomic mass is 10.1. The van der Waals surface area contributed by atoms with E-state index >= 15 is 0 Å². The molecule has 25 heavy (non-hydrogen) atoms. The lowest BCUT2D eigenvalue weighted by Crippen LogP contribution is -2.33. The van der Waals surface area contributed by atoms with E-state index < -0.39 is 0 Å². The van der Waals surface area contributed by atoms with Gasteiger partial charge < -0.3 is 9.80 Å². The van der Waals surface area contributed by atoms with Gasteiger partial charge in [-0.2, -0.15) is 0 Å². The van der Waals surface area contributed by atoms with E-state index in [0.29, 0.717) is 6.42 Å². The van der Waals surface area contributed by atoms with Gasteiger partial charge in [0.2, 0.25) is 5.91 Å². The summed E-state index contributed by atoms with van der Waals surface area (Å²) < 4.78 is 0. The Hall–Kier alpha value is -2.34. The number of hydrogen-bond donors (Lipinski definition) is 0. The van der Waals surface area contributed by atoms with Crippen LogP contribution in [0.4, 0.5) is 0 Å². The van der Waals surface area contributed by atoms with Crippen molar-refractivity contribution < 1.29 is 4.79 Å². The van der Waals surface area contributed by atoms with Gasteiger partial charge in [-0.15, -0.1) is 0 Å². The van der Waals surface area contributed by atoms with E-state index in [1.807, 2.05) is 37.2 Å². The first-order chi connectivity index (χ1) is 12.1. The molecule has 0 N–H and O–H groups in total. The van der Waals surface area contributed by atoms with Crippen molar-refractivity contribution >= 4 is 5.91 Å². The second-order valence-electron chi connectivity index (χ2n) is 6.62. The number of pyridine rings is 1. The third-order valence-corrected chi connectivity index (χ3v) is 4.59. The summed E-state index contributed by atoms with van der Waals surface area (Å²) in [6.45, 7) is 4.24. The lowest BCUT2D eigenvalue weighted by Gasteiger charge is -2.25. The number of carbonyl (C=O) groups excluding carboxylic acids is 1. The Morgan fingerprint density at radius 1 is 1.36 bits per heavy atom. The van der Waals surface area contributed by atoms with Gasteiger partial charge in [-0.25, -0.2) is 9.97 Å². The smallest absolute Gasteiger partial charge is 0.224 e. The summed E-state index contributed by atoms with van der Waals surface area (Å²) in [5.74, 6) is 0.963. The molecule has 1 atom stereocenters. The van der Waals surface area contributed by atoms with Gasteiger partial charge in [-0.1, -0.05) is 6.07 Å². The van der Waals surface area contributed by atoms with Gasteiger partial charge in [0.25, 0.3) is 0 Å². The molecule has 6 nitrogen and oxygen atoms in total. The van der Waals surface area contributed by atoms with Crippen LogP contribution in [0.2, 0.25) is 0 Å². The highest BCUT2D eigenvalue weighted by Crippen LogP contribution is 2.31. The first kappa shape index (κ1) is 17.5. The second kappa shape index (κ2) is 8.16. The van der Waals surface area contributed by atoms with Crippen molar-refractivity contribution in [3.63, 3.8) is 0 Å². The van der Waals surface area contributed by atoms with Crippen LogP contribution in [-0.4, -0.2) is 50.8 Å². The first-order valence-electron chi connectivity index (χ1n) is 8.80. The van der Waals surface area contributed by atoms with Crippen LogP contribution >= 0.6 is 0 Å². The zero-order chi connectivity index (χ0) is 17.6. The van der Waals surface area contributed by atoms with E-state index in [1.54, 1.807) is 12.4 Å². The molecule has 0 radical (unpaired) electrons. The molecule has 2 aromatic heterocycles. The lowest BCUT2D eigenvalue weighted by molar-refractivity contribution is -0.132. The predicted molar refractivity (Wildman–Crippen MR) is 95.6 cm³/mol. The zero-order valence-electron chi connectivity index (χ0n) is 14.9. The van der Waals surface area contributed by atoms with E-state index in [1.165, 1.54) is 0 Å². The molecule has 0 aliphatic carbocycles. The maximum Gasteiger partial charge on any atom is 0.224 e. The molecule has 3 heterocycles. The van der Waals surface area contributed by atoms with Crippen LogP contribution in [0.3, 0.4) is 0 Å². The summed E-state index contributed by atoms with van der Waals surface area (Å²) >= 11 is 0. The highest BCUT2D eigenvalue weighted by atomic mass is 16.2. The van der Waals surface area contributed by atoms with Gasteiger partial charge in [-0.3, -0.25) is 9.78 Å². The van der Waals surface area contributed by atoms with Crippen molar-refractivity contribution in [1.29, 1.82) is 0 Å². The first-order valence-corrected chi connectivity index (χ1v) is 8.80. The van der Waals surface area contributed by atoms with Crippen molar-refractivity contribution in [1.82, 2.24) is 24.8 Å². The van der Waals surface area contributed by atoms with Crippen molar-refractivity contribution in [2.45, 2.75) is 38.8 Å². The maximum absolute atomic E-state index is 12.7. The standard InChI is InChI=1S/C19H25N5O/c1-15-21-10-7-17(22-15)18-6-4-11-24(18)19(25)8-12-23(2)14-16-5-3-9-20-13-16/h3,5,7,9-10,13,18H,4,6,8,11-12,14H2,1-2H3. The molecule has 1 aliphatic heterocycles. The molecular formula is C19H25N5O. The summed E-state index contributed by atoms with van der Waals surface area (Å²) in [5.41, 5.74) is 2.12. The number of nitrogens with zero attached hydrogens (tertiary/aromatic N) is 5. The van der Waals surface area contributed by atoms with E-state index in [0.717, 1.165) is 49.6 Å². The Kier molecular flexibility index (Phi) is 5.71. The van der Waals surface area contributed by atoms with Crippen molar-refractivity contribution in [3.05, 3.63) is 53.9 Å². The summed E-state index contributed by atoms with van der Waals surface area (Å²) in [6.07, 6.45) is 7.96. The number of aryl methyl sites for hydroxylation is 1. The fourth-order valence-electron chi connectivity index (χ4n) is 3.35. The SMILES string of the molecule is Cc1nccc(C2CCCN2C(=O)CCN(C)Cc2cccnc2)n1. The van der Waals surface area contributed by atoms with Gasteiger partial charge >= 0.3 is 0 Å². The monoisotopic (exact) mass is 339 g/mol. The maximum atomic E-state index is 12.7. The Morgan fingerprint density at radius 3 is 3.00 bits per heavy atom. The van der Waals surface area contributed by atoms with Crippen molar-refractivity contribution in [3.8, 4) is 0 Å². The molecule has 1 amide bonds. The van der Waals surface area contributed by atoms with Crippen LogP contribution in [-0.2, 0) is 11.3 Å². The molecule has 1 aliphatic rings. The number of likely N-dealkylation sites (tertiary alicyclic amines) is 1. The van der Waals surface area contributed by atoms with Crippen LogP contribution in [0.5, 0.6) is 0 Å². The highest BCUT2D eigenvalue weighted by Gasteiger charge is 2.30. The second-order valence-corrected chi connectivity index (χ2v) is 6.62. The molecule has 0 bridgehead atoms. The summed E-state index contributed by atoms with van der Waals surface area (Å²) in [7, 11) is 2.04. The third kappa shape index (κ3) is 4.60. The van der Waals surface area contributed by atoms with Crippen molar-refractivity contribution in [2.75, 3.05) is 20.1 Å². The minimum atomic E-state index is 0.0952. The van der Waals surface area contributed by atoms with Crippen molar-refractivity contribution in [2.24, 2.45) is 0 Å². The molecular weight excluding hydrogens is 314 g/mol. The molecule has 2 aromatic rings. The third-order valence-electron chi connectivity index (χ3n) is 4.59. The van der Waals surface area contributed by atoms with Gasteiger partial charge in [0.15, 0.2) is 0 Å². The minimum absolute atomic E-state index is 0.0952. The number of hydrogen-bond acceptors (Lipinski definition) is 5. The summed E-state index contributed by atoms with van der Waals surface area (Å²) in [5, 5.41) is 0. The average Bonchev–Trinajstić information content (AvgIpc) is 3.10. The molecule has 0 aromatic carbocycles. The summed E-state index contributed by atoms with van der Waals surface area (Å²) in [4.78, 5) is 29.7. The molecule has 3 rings (SSSR count). The van der Waals surface area contributed by atoms with E-state index in [4.69, 9.17) is 0 Å². The van der Waals surface area contributed by atoms with E-state index in [-0.39, 0.29) is 11.9 Å². The van der Waals surface area contributed by atoms with Crippen LogP contribution < -0.4 is 0 Å². The Morgan fingerprint density at radius 2 is 2.24 bits per heavy atom. The van der Waals surface area contributed by atoms with Gasteiger partial charge in [0.1, 0.15) is 5.82 Å². The molecule has 132 valence electrons. The van der Waals surface area contributed by atoms with Crippen LogP contribution in [0.15, 0.2) is 36.8 Å². The molecule has 0 spiro atoms. The highest BCUT2D eigenvalue weighted by molar-refractivity contribution is 5.77. The quantitative estimate of drug-likeness (QED) is 0.808. The Labute approximate surface area is 148 Å². The fraction of sp³-hybridized carbons (Fsp3) is 0.474. The van der Waals surface area contributed by atoms with Gasteiger partial charge in [0, 0.05) is 44.6 Å². The molecule has 6 heteroatoms. The minimum Gasteiger partial charge on any atom is -0.334 e. The molecule has 1 fully saturated rings. The Bertz CT molecular complexity index is 706. The number of amides is 1. The van der Waals surface area contributed by atoms with Gasteiger partial charge in [0.05, 0.1) is 11.7 Å². The predicted octanol–water partition coefficient (Wildman–Crippen LogP) is 2.37. The van der Waals surface area contributed by atoms with E-state index in [2.05, 4.69) is 25.9 Å². The largest absolute Gasteiger partial charge is 0.334 e. The average molecular weight is 339 g/mol. The topological polar surface area (TPSA) is 62.2 Å². The number of carbonyl (C=O) groups is 1. The van der Waals surface area contributed by atoms with Crippen LogP contribution in [0.25, 0.3) is 0 Å².